The second-order valence-corrected chi connectivity index (χ2v) is 13.2. The highest BCUT2D eigenvalue weighted by atomic mass is 35.5. The number of carbonyl (C=O) groups is 4. The first-order chi connectivity index (χ1) is 23.2. The van der Waals surface area contributed by atoms with Crippen LogP contribution in [0.15, 0.2) is 66.4 Å². The molecular formula is C33H25Cl2F3N4O7. The van der Waals surface area contributed by atoms with Crippen molar-refractivity contribution in [2.75, 3.05) is 12.5 Å². The molecule has 1 aromatic heterocycles. The second-order valence-electron chi connectivity index (χ2n) is 12.3. The molecule has 1 saturated carbocycles. The number of hydrogen-bond acceptors (Lipinski definition) is 9. The number of aromatic nitrogens is 1. The van der Waals surface area contributed by atoms with E-state index in [9.17, 15) is 37.9 Å². The van der Waals surface area contributed by atoms with Crippen LogP contribution in [0.4, 0.5) is 19.0 Å². The van der Waals surface area contributed by atoms with Crippen molar-refractivity contribution >= 4 is 52.6 Å². The Labute approximate surface area is 285 Å². The van der Waals surface area contributed by atoms with Gasteiger partial charge in [-0.25, -0.2) is 4.98 Å². The van der Waals surface area contributed by atoms with Gasteiger partial charge in [0.25, 0.3) is 23.6 Å². The fraction of sp³-hybridized carbons (Fsp3) is 0.303. The van der Waals surface area contributed by atoms with Crippen molar-refractivity contribution in [2.45, 2.75) is 30.4 Å². The summed E-state index contributed by atoms with van der Waals surface area (Å²) < 4.78 is 45.5. The van der Waals surface area contributed by atoms with Crippen molar-refractivity contribution in [3.8, 4) is 11.5 Å². The molecule has 2 aliphatic heterocycles. The fourth-order valence-electron chi connectivity index (χ4n) is 8.00. The van der Waals surface area contributed by atoms with Crippen LogP contribution in [-0.4, -0.2) is 56.1 Å². The average Bonchev–Trinajstić information content (AvgIpc) is 3.42. The quantitative estimate of drug-likeness (QED) is 0.177. The van der Waals surface area contributed by atoms with Crippen molar-refractivity contribution in [1.82, 2.24) is 15.1 Å². The number of rotatable bonds is 5. The number of anilines is 1. The number of hydrazine groups is 1. The van der Waals surface area contributed by atoms with Gasteiger partial charge in [-0.1, -0.05) is 47.0 Å². The molecule has 4 amide bonds. The van der Waals surface area contributed by atoms with E-state index in [2.05, 4.69) is 10.4 Å². The molecule has 7 rings (SSSR count). The van der Waals surface area contributed by atoms with E-state index in [0.717, 1.165) is 0 Å². The summed E-state index contributed by atoms with van der Waals surface area (Å²) in [6, 6.07) is 11.1. The van der Waals surface area contributed by atoms with E-state index in [1.54, 1.807) is 18.2 Å². The number of phenolic OH excluding ortho intramolecular Hbond substituents is 1. The number of methoxy groups -OCH3 is 1. The molecule has 3 N–H and O–H groups in total. The second kappa shape index (κ2) is 11.5. The number of benzene rings is 2. The number of amides is 4. The number of phenols is 1. The van der Waals surface area contributed by atoms with Crippen LogP contribution >= 0.6 is 23.2 Å². The maximum Gasteiger partial charge on any atom is 0.417 e. The zero-order chi connectivity index (χ0) is 35.2. The summed E-state index contributed by atoms with van der Waals surface area (Å²) in [5.41, 5.74) is 0.477. The molecule has 3 aromatic rings. The molecular weight excluding hydrogens is 692 g/mol. The van der Waals surface area contributed by atoms with E-state index in [1.807, 2.05) is 0 Å². The third-order valence-corrected chi connectivity index (χ3v) is 10.6. The maximum atomic E-state index is 15.1. The zero-order valence-corrected chi connectivity index (χ0v) is 26.8. The molecule has 3 fully saturated rings. The van der Waals surface area contributed by atoms with Gasteiger partial charge < -0.3 is 9.84 Å². The van der Waals surface area contributed by atoms with E-state index >= 15 is 4.79 Å². The smallest absolute Gasteiger partial charge is 0.417 e. The van der Waals surface area contributed by atoms with Gasteiger partial charge in [-0.3, -0.25) is 29.8 Å². The first-order valence-corrected chi connectivity index (χ1v) is 15.7. The molecule has 4 aliphatic rings. The van der Waals surface area contributed by atoms with Gasteiger partial charge >= 0.3 is 6.18 Å². The highest BCUT2D eigenvalue weighted by molar-refractivity contribution is 6.33. The molecule has 11 nitrogen and oxygen atoms in total. The van der Waals surface area contributed by atoms with E-state index in [4.69, 9.17) is 27.9 Å². The number of hydroxylamine groups is 2. The number of fused-ring (bicyclic) bond motifs is 4. The number of allylic oxidation sites excluding steroid dienone is 2. The van der Waals surface area contributed by atoms with Gasteiger partial charge in [0.2, 0.25) is 0 Å². The molecule has 16 heteroatoms. The van der Waals surface area contributed by atoms with Crippen LogP contribution in [0, 0.1) is 23.7 Å². The van der Waals surface area contributed by atoms with Crippen LogP contribution in [-0.2, 0) is 30.8 Å². The number of imide groups is 2. The van der Waals surface area contributed by atoms with Crippen molar-refractivity contribution in [3.05, 3.63) is 93.1 Å². The minimum absolute atomic E-state index is 0.0237. The minimum Gasteiger partial charge on any atom is -0.508 e. The predicted molar refractivity (Wildman–Crippen MR) is 165 cm³/mol. The lowest BCUT2D eigenvalue weighted by atomic mass is 9.49. The first-order valence-electron chi connectivity index (χ1n) is 15.0. The number of halogens is 5. The molecule has 0 radical (unpaired) electrons. The zero-order valence-electron chi connectivity index (χ0n) is 25.2. The Bertz CT molecular complexity index is 1970. The number of nitrogens with one attached hydrogen (secondary N) is 1. The summed E-state index contributed by atoms with van der Waals surface area (Å²) in [5, 5.41) is 22.2. The van der Waals surface area contributed by atoms with E-state index in [1.165, 1.54) is 37.4 Å². The lowest BCUT2D eigenvalue weighted by Crippen LogP contribution is -2.53. The van der Waals surface area contributed by atoms with Gasteiger partial charge in [0, 0.05) is 22.7 Å². The van der Waals surface area contributed by atoms with Gasteiger partial charge in [-0.15, -0.1) is 0 Å². The summed E-state index contributed by atoms with van der Waals surface area (Å²) in [7, 11) is 1.40. The number of pyridine rings is 1. The van der Waals surface area contributed by atoms with Crippen LogP contribution in [0.1, 0.15) is 35.4 Å². The molecule has 2 aromatic carbocycles. The van der Waals surface area contributed by atoms with Gasteiger partial charge in [0.05, 0.1) is 40.9 Å². The Morgan fingerprint density at radius 1 is 1.00 bits per heavy atom. The van der Waals surface area contributed by atoms with Crippen molar-refractivity contribution in [2.24, 2.45) is 23.7 Å². The van der Waals surface area contributed by atoms with E-state index in [0.29, 0.717) is 39.2 Å². The van der Waals surface area contributed by atoms with Crippen LogP contribution < -0.4 is 10.2 Å². The molecule has 6 unspecified atom stereocenters. The van der Waals surface area contributed by atoms with Gasteiger partial charge in [-0.05, 0) is 60.7 Å². The number of aromatic hydroxyl groups is 1. The van der Waals surface area contributed by atoms with E-state index < -0.39 is 81.2 Å². The molecule has 0 spiro atoms. The molecule has 0 bridgehead atoms. The highest BCUT2D eigenvalue weighted by Gasteiger charge is 2.70. The Morgan fingerprint density at radius 2 is 1.71 bits per heavy atom. The number of ether oxygens (including phenoxy) is 1. The third kappa shape index (κ3) is 4.79. The highest BCUT2D eigenvalue weighted by Crippen LogP contribution is 2.65. The number of carbonyl (C=O) groups excluding carboxylic acids is 4. The van der Waals surface area contributed by atoms with Gasteiger partial charge in [0.1, 0.15) is 11.5 Å². The predicted octanol–water partition coefficient (Wildman–Crippen LogP) is 5.50. The lowest BCUT2D eigenvalue weighted by molar-refractivity contribution is -0.173. The van der Waals surface area contributed by atoms with Gasteiger partial charge in [-0.2, -0.15) is 23.2 Å². The summed E-state index contributed by atoms with van der Waals surface area (Å²) in [6.45, 7) is 0. The average molecular weight is 717 g/mol. The number of alkyl halides is 3. The van der Waals surface area contributed by atoms with Crippen LogP contribution in [0.2, 0.25) is 10.0 Å². The summed E-state index contributed by atoms with van der Waals surface area (Å²) >= 11 is 12.4. The first kappa shape index (κ1) is 32.9. The number of nitrogens with zero attached hydrogens (tertiary/aromatic N) is 3. The topological polar surface area (TPSA) is 149 Å². The number of hydrogen-bond donors (Lipinski definition) is 3. The Balaban J connectivity index is 1.46. The monoisotopic (exact) mass is 716 g/mol. The standard InChI is InChI=1S/C33H25Cl2F3N4O7/c1-49-17-6-9-24(43)21(11-17)26-18-7-8-19-25(30(46)42(48)28(19)44)20(18)12-22-29(45)41(31(47)32(22,26)14-2-4-16(34)5-3-14)40-27-23(35)10-15(13-39-27)33(36,37)38/h2-7,9-11,13,19-20,22,25-26,43,48H,8,12H2,1H3,(H,39,40). The summed E-state index contributed by atoms with van der Waals surface area (Å²) in [4.78, 5) is 59.6. The summed E-state index contributed by atoms with van der Waals surface area (Å²) in [6.07, 6.45) is -2.69. The molecule has 49 heavy (non-hydrogen) atoms. The van der Waals surface area contributed by atoms with Crippen molar-refractivity contribution < 1.29 is 47.4 Å². The van der Waals surface area contributed by atoms with Gasteiger partial charge in [0.15, 0.2) is 5.82 Å². The van der Waals surface area contributed by atoms with Crippen LogP contribution in [0.25, 0.3) is 0 Å². The lowest BCUT2D eigenvalue weighted by Gasteiger charge is -2.50. The van der Waals surface area contributed by atoms with Crippen molar-refractivity contribution in [3.63, 3.8) is 0 Å². The van der Waals surface area contributed by atoms with Crippen LogP contribution in [0.3, 0.4) is 0 Å². The molecule has 3 heterocycles. The Hall–Kier alpha value is -4.66. The normalized spacial score (nSPS) is 27.9. The molecule has 2 saturated heterocycles. The molecule has 6 atom stereocenters. The maximum absolute atomic E-state index is 15.1. The largest absolute Gasteiger partial charge is 0.508 e. The Kier molecular flexibility index (Phi) is 7.69. The third-order valence-electron chi connectivity index (χ3n) is 10.1. The fourth-order valence-corrected chi connectivity index (χ4v) is 8.34. The van der Waals surface area contributed by atoms with Crippen molar-refractivity contribution in [1.29, 1.82) is 0 Å². The molecule has 254 valence electrons. The molecule has 2 aliphatic carbocycles. The van der Waals surface area contributed by atoms with E-state index in [-0.39, 0.29) is 29.2 Å². The minimum atomic E-state index is -4.76. The SMILES string of the molecule is COc1ccc(O)c(C2C3=CCC4C(=O)N(O)C(=O)C4C3CC3C(=O)N(Nc4ncc(C(F)(F)F)cc4Cl)C(=O)C32c2ccc(Cl)cc2)c1. The summed E-state index contributed by atoms with van der Waals surface area (Å²) in [5.74, 6) is -9.01. The van der Waals surface area contributed by atoms with Crippen LogP contribution in [0.5, 0.6) is 11.5 Å². The Morgan fingerprint density at radius 3 is 2.37 bits per heavy atom.